The zero-order valence-electron chi connectivity index (χ0n) is 11.9. The molecule has 2 rings (SSSR count). The molecule has 1 aromatic rings. The molecule has 126 valence electrons. The van der Waals surface area contributed by atoms with Gasteiger partial charge < -0.3 is 15.5 Å². The van der Waals surface area contributed by atoms with Crippen LogP contribution in [-0.2, 0) is 26.0 Å². The largest absolute Gasteiger partial charge is 0.480 e. The summed E-state index contributed by atoms with van der Waals surface area (Å²) in [4.78, 5) is 21.5. The van der Waals surface area contributed by atoms with Crippen LogP contribution in [0.4, 0.5) is 10.1 Å². The summed E-state index contributed by atoms with van der Waals surface area (Å²) in [7, 11) is -4.43. The smallest absolute Gasteiger partial charge is 0.321 e. The highest BCUT2D eigenvalue weighted by atomic mass is 32.2. The van der Waals surface area contributed by atoms with Crippen LogP contribution in [0, 0.1) is 5.82 Å². The third kappa shape index (κ3) is 3.84. The van der Waals surface area contributed by atoms with Crippen molar-refractivity contribution in [3.63, 3.8) is 0 Å². The monoisotopic (exact) mass is 346 g/mol. The van der Waals surface area contributed by atoms with Gasteiger partial charge >= 0.3 is 5.97 Å². The van der Waals surface area contributed by atoms with Crippen molar-refractivity contribution in [2.45, 2.75) is 30.2 Å². The molecule has 0 spiro atoms. The second kappa shape index (κ2) is 6.60. The zero-order valence-corrected chi connectivity index (χ0v) is 12.7. The van der Waals surface area contributed by atoms with Gasteiger partial charge in [-0.2, -0.15) is 4.72 Å². The number of carboxylic acid groups (broad SMARTS) is 1. The first kappa shape index (κ1) is 17.3. The molecule has 1 aliphatic rings. The number of hydrogen-bond donors (Lipinski definition) is 4. The lowest BCUT2D eigenvalue weighted by Gasteiger charge is -2.19. The molecule has 1 aromatic carbocycles. The van der Waals surface area contributed by atoms with Crippen molar-refractivity contribution in [2.24, 2.45) is 0 Å². The molecule has 0 fully saturated rings. The number of aliphatic hydroxyl groups is 1. The normalized spacial score (nSPS) is 15.7. The van der Waals surface area contributed by atoms with E-state index in [0.717, 1.165) is 12.1 Å². The number of carbonyl (C=O) groups is 2. The molecule has 0 bridgehead atoms. The van der Waals surface area contributed by atoms with Gasteiger partial charge in [-0.15, -0.1) is 0 Å². The van der Waals surface area contributed by atoms with Crippen molar-refractivity contribution in [3.8, 4) is 0 Å². The molecule has 0 unspecified atom stereocenters. The first-order valence-corrected chi connectivity index (χ1v) is 8.21. The molecule has 8 nitrogen and oxygen atoms in total. The van der Waals surface area contributed by atoms with E-state index in [0.29, 0.717) is 5.56 Å². The van der Waals surface area contributed by atoms with Gasteiger partial charge in [0.25, 0.3) is 0 Å². The average Bonchev–Trinajstić information content (AvgIpc) is 2.45. The van der Waals surface area contributed by atoms with E-state index in [9.17, 15) is 22.4 Å². The molecular weight excluding hydrogens is 331 g/mol. The molecule has 1 amide bonds. The molecule has 1 atom stereocenters. The lowest BCUT2D eigenvalue weighted by atomic mass is 10.0. The van der Waals surface area contributed by atoms with Crippen molar-refractivity contribution < 1.29 is 32.6 Å². The fourth-order valence-electron chi connectivity index (χ4n) is 2.20. The van der Waals surface area contributed by atoms with Crippen molar-refractivity contribution in [3.05, 3.63) is 23.5 Å². The second-order valence-electron chi connectivity index (χ2n) is 5.01. The molecule has 0 saturated heterocycles. The van der Waals surface area contributed by atoms with Crippen molar-refractivity contribution >= 4 is 27.6 Å². The SMILES string of the molecule is O=C1CCc2cc(S(=O)(=O)N[C@H](CCO)C(=O)O)c(F)cc2N1. The average molecular weight is 346 g/mol. The van der Waals surface area contributed by atoms with Crippen LogP contribution in [0.3, 0.4) is 0 Å². The van der Waals surface area contributed by atoms with Gasteiger partial charge in [-0.05, 0) is 30.5 Å². The number of rotatable bonds is 6. The number of benzene rings is 1. The number of anilines is 1. The van der Waals surface area contributed by atoms with E-state index in [-0.39, 0.29) is 30.9 Å². The Morgan fingerprint density at radius 3 is 2.70 bits per heavy atom. The number of amides is 1. The highest BCUT2D eigenvalue weighted by molar-refractivity contribution is 7.89. The number of carboxylic acids is 1. The Bertz CT molecular complexity index is 749. The maximum absolute atomic E-state index is 14.1. The first-order valence-electron chi connectivity index (χ1n) is 6.73. The van der Waals surface area contributed by atoms with Gasteiger partial charge in [0.2, 0.25) is 15.9 Å². The molecule has 23 heavy (non-hydrogen) atoms. The summed E-state index contributed by atoms with van der Waals surface area (Å²) in [5, 5.41) is 20.1. The van der Waals surface area contributed by atoms with Crippen LogP contribution in [0.1, 0.15) is 18.4 Å². The number of hydrogen-bond acceptors (Lipinski definition) is 5. The maximum Gasteiger partial charge on any atom is 0.321 e. The van der Waals surface area contributed by atoms with Gasteiger partial charge in [0.1, 0.15) is 16.8 Å². The van der Waals surface area contributed by atoms with Gasteiger partial charge in [0, 0.05) is 18.7 Å². The van der Waals surface area contributed by atoms with Crippen LogP contribution in [0.25, 0.3) is 0 Å². The first-order chi connectivity index (χ1) is 10.7. The van der Waals surface area contributed by atoms with Crippen LogP contribution in [0.2, 0.25) is 0 Å². The minimum Gasteiger partial charge on any atom is -0.480 e. The second-order valence-corrected chi connectivity index (χ2v) is 6.69. The Morgan fingerprint density at radius 1 is 1.39 bits per heavy atom. The van der Waals surface area contributed by atoms with Crippen molar-refractivity contribution in [2.75, 3.05) is 11.9 Å². The predicted molar refractivity (Wildman–Crippen MR) is 76.8 cm³/mol. The van der Waals surface area contributed by atoms with Gasteiger partial charge in [-0.3, -0.25) is 9.59 Å². The van der Waals surface area contributed by atoms with E-state index in [1.165, 1.54) is 0 Å². The molecule has 0 radical (unpaired) electrons. The summed E-state index contributed by atoms with van der Waals surface area (Å²) < 4.78 is 40.3. The summed E-state index contributed by atoms with van der Waals surface area (Å²) in [6.07, 6.45) is 0.0496. The van der Waals surface area contributed by atoms with E-state index >= 15 is 0 Å². The Morgan fingerprint density at radius 2 is 2.09 bits per heavy atom. The van der Waals surface area contributed by atoms with Crippen molar-refractivity contribution in [1.82, 2.24) is 4.72 Å². The van der Waals surface area contributed by atoms with Gasteiger partial charge in [0.05, 0.1) is 0 Å². The van der Waals surface area contributed by atoms with Crippen LogP contribution < -0.4 is 10.0 Å². The number of aliphatic hydroxyl groups excluding tert-OH is 1. The van der Waals surface area contributed by atoms with Crippen LogP contribution >= 0.6 is 0 Å². The Kier molecular flexibility index (Phi) is 4.97. The lowest BCUT2D eigenvalue weighted by Crippen LogP contribution is -2.41. The molecule has 1 aliphatic heterocycles. The summed E-state index contributed by atoms with van der Waals surface area (Å²) in [6, 6.07) is 0.396. The summed E-state index contributed by atoms with van der Waals surface area (Å²) >= 11 is 0. The van der Waals surface area contributed by atoms with Gasteiger partial charge in [-0.25, -0.2) is 12.8 Å². The number of aliphatic carboxylic acids is 1. The minimum atomic E-state index is -4.43. The molecule has 0 saturated carbocycles. The quantitative estimate of drug-likeness (QED) is 0.565. The number of fused-ring (bicyclic) bond motifs is 1. The topological polar surface area (TPSA) is 133 Å². The lowest BCUT2D eigenvalue weighted by molar-refractivity contribution is -0.139. The fourth-order valence-corrected chi connectivity index (χ4v) is 3.53. The van der Waals surface area contributed by atoms with E-state index in [1.807, 2.05) is 4.72 Å². The van der Waals surface area contributed by atoms with E-state index in [1.54, 1.807) is 0 Å². The maximum atomic E-state index is 14.1. The third-order valence-corrected chi connectivity index (χ3v) is 4.84. The fraction of sp³-hybridized carbons (Fsp3) is 0.385. The van der Waals surface area contributed by atoms with Crippen LogP contribution in [-0.4, -0.2) is 43.2 Å². The summed E-state index contributed by atoms with van der Waals surface area (Å²) in [5.74, 6) is -2.88. The van der Waals surface area contributed by atoms with E-state index in [4.69, 9.17) is 10.2 Å². The third-order valence-electron chi connectivity index (χ3n) is 3.36. The molecule has 1 heterocycles. The summed E-state index contributed by atoms with van der Waals surface area (Å²) in [6.45, 7) is -0.543. The number of halogens is 1. The number of nitrogens with one attached hydrogen (secondary N) is 2. The number of carbonyl (C=O) groups excluding carboxylic acids is 1. The molecule has 10 heteroatoms. The molecule has 0 aromatic heterocycles. The van der Waals surface area contributed by atoms with Crippen LogP contribution in [0.15, 0.2) is 17.0 Å². The van der Waals surface area contributed by atoms with Crippen LogP contribution in [0.5, 0.6) is 0 Å². The summed E-state index contributed by atoms with van der Waals surface area (Å²) in [5.41, 5.74) is 0.642. The van der Waals surface area contributed by atoms with Crippen molar-refractivity contribution in [1.29, 1.82) is 0 Å². The standard InChI is InChI=1S/C13H15FN2O6S/c14-8-6-10-7(1-2-12(18)15-10)5-11(8)23(21,22)16-9(3-4-17)13(19)20/h5-6,9,16-17H,1-4H2,(H,15,18)(H,19,20)/t9-/m1/s1. The van der Waals surface area contributed by atoms with E-state index in [2.05, 4.69) is 5.32 Å². The number of aryl methyl sites for hydroxylation is 1. The molecule has 0 aliphatic carbocycles. The highest BCUT2D eigenvalue weighted by Crippen LogP contribution is 2.28. The van der Waals surface area contributed by atoms with Gasteiger partial charge in [0.15, 0.2) is 0 Å². The van der Waals surface area contributed by atoms with Gasteiger partial charge in [-0.1, -0.05) is 0 Å². The highest BCUT2D eigenvalue weighted by Gasteiger charge is 2.29. The Balaban J connectivity index is 2.36. The minimum absolute atomic E-state index is 0.147. The predicted octanol–water partition coefficient (Wildman–Crippen LogP) is -0.176. The Labute approximate surface area is 131 Å². The zero-order chi connectivity index (χ0) is 17.2. The molecule has 4 N–H and O–H groups in total. The number of sulfonamides is 1. The Hall–Kier alpha value is -2.04. The molecular formula is C13H15FN2O6S. The van der Waals surface area contributed by atoms with E-state index < -0.39 is 39.4 Å².